The van der Waals surface area contributed by atoms with Gasteiger partial charge >= 0.3 is 0 Å². The Balaban J connectivity index is 2.43. The van der Waals surface area contributed by atoms with E-state index >= 15 is 0 Å². The van der Waals surface area contributed by atoms with Crippen molar-refractivity contribution < 1.29 is 0 Å². The summed E-state index contributed by atoms with van der Waals surface area (Å²) in [5.41, 5.74) is 10.1. The number of aromatic nitrogens is 3. The van der Waals surface area contributed by atoms with E-state index in [9.17, 15) is 0 Å². The number of nitrogens with two attached hydrogens (primary N) is 1. The SMILES string of the molecule is CCCn1ncc(Cl)c1C(N)c1ccc(C)nc1C. The van der Waals surface area contributed by atoms with Crippen LogP contribution in [0.1, 0.15) is 42.0 Å². The van der Waals surface area contributed by atoms with E-state index in [0.29, 0.717) is 5.02 Å². The highest BCUT2D eigenvalue weighted by atomic mass is 35.5. The van der Waals surface area contributed by atoms with E-state index in [0.717, 1.165) is 35.6 Å². The van der Waals surface area contributed by atoms with Crippen molar-refractivity contribution in [2.45, 2.75) is 39.8 Å². The van der Waals surface area contributed by atoms with Gasteiger partial charge in [-0.15, -0.1) is 0 Å². The minimum atomic E-state index is -0.297. The number of hydrogen-bond acceptors (Lipinski definition) is 3. The molecule has 4 nitrogen and oxygen atoms in total. The lowest BCUT2D eigenvalue weighted by Gasteiger charge is -2.17. The van der Waals surface area contributed by atoms with E-state index in [2.05, 4.69) is 17.0 Å². The molecule has 0 aliphatic carbocycles. The minimum absolute atomic E-state index is 0.297. The monoisotopic (exact) mass is 278 g/mol. The van der Waals surface area contributed by atoms with Gasteiger partial charge in [0.1, 0.15) is 0 Å². The molecule has 0 aliphatic rings. The summed E-state index contributed by atoms with van der Waals surface area (Å²) in [6.07, 6.45) is 2.65. The van der Waals surface area contributed by atoms with Crippen molar-refractivity contribution >= 4 is 11.6 Å². The maximum atomic E-state index is 6.36. The van der Waals surface area contributed by atoms with Crippen molar-refractivity contribution in [2.24, 2.45) is 5.73 Å². The maximum absolute atomic E-state index is 6.36. The molecule has 2 aromatic rings. The van der Waals surface area contributed by atoms with Crippen molar-refractivity contribution in [3.05, 3.63) is 46.0 Å². The minimum Gasteiger partial charge on any atom is -0.319 e. The zero-order valence-electron chi connectivity index (χ0n) is 11.5. The molecule has 0 amide bonds. The molecule has 0 radical (unpaired) electrons. The van der Waals surface area contributed by atoms with Gasteiger partial charge in [-0.3, -0.25) is 9.67 Å². The Morgan fingerprint density at radius 3 is 2.74 bits per heavy atom. The van der Waals surface area contributed by atoms with Crippen molar-refractivity contribution in [2.75, 3.05) is 0 Å². The van der Waals surface area contributed by atoms with Crippen molar-refractivity contribution in [3.63, 3.8) is 0 Å². The first-order chi connectivity index (χ1) is 9.04. The molecule has 102 valence electrons. The lowest BCUT2D eigenvalue weighted by molar-refractivity contribution is 0.559. The van der Waals surface area contributed by atoms with E-state index in [-0.39, 0.29) is 6.04 Å². The van der Waals surface area contributed by atoms with Crippen molar-refractivity contribution in [1.29, 1.82) is 0 Å². The molecule has 19 heavy (non-hydrogen) atoms. The Morgan fingerprint density at radius 2 is 2.11 bits per heavy atom. The number of hydrogen-bond donors (Lipinski definition) is 1. The second kappa shape index (κ2) is 5.72. The molecule has 0 fully saturated rings. The molecule has 0 bridgehead atoms. The molecule has 0 saturated heterocycles. The Hall–Kier alpha value is -1.39. The van der Waals surface area contributed by atoms with Crippen molar-refractivity contribution in [3.8, 4) is 0 Å². The van der Waals surface area contributed by atoms with Gasteiger partial charge < -0.3 is 5.73 Å². The van der Waals surface area contributed by atoms with E-state index in [1.165, 1.54) is 0 Å². The highest BCUT2D eigenvalue weighted by Crippen LogP contribution is 2.28. The molecule has 1 unspecified atom stereocenters. The highest BCUT2D eigenvalue weighted by molar-refractivity contribution is 6.31. The molecule has 2 rings (SSSR count). The first-order valence-electron chi connectivity index (χ1n) is 6.45. The van der Waals surface area contributed by atoms with Crippen LogP contribution in [-0.4, -0.2) is 14.8 Å². The summed E-state index contributed by atoms with van der Waals surface area (Å²) in [6.45, 7) is 6.85. The van der Waals surface area contributed by atoms with Gasteiger partial charge in [0.05, 0.1) is 23.0 Å². The van der Waals surface area contributed by atoms with E-state index in [1.54, 1.807) is 6.20 Å². The third-order valence-corrected chi connectivity index (χ3v) is 3.46. The number of nitrogens with zero attached hydrogens (tertiary/aromatic N) is 3. The van der Waals surface area contributed by atoms with Crippen LogP contribution in [0.15, 0.2) is 18.3 Å². The fraction of sp³-hybridized carbons (Fsp3) is 0.429. The average Bonchev–Trinajstić information content (AvgIpc) is 2.70. The average molecular weight is 279 g/mol. The second-order valence-corrected chi connectivity index (χ2v) is 5.11. The predicted molar refractivity (Wildman–Crippen MR) is 77.3 cm³/mol. The third kappa shape index (κ3) is 2.80. The van der Waals surface area contributed by atoms with E-state index < -0.39 is 0 Å². The Labute approximate surface area is 118 Å². The van der Waals surface area contributed by atoms with Crippen LogP contribution in [0.2, 0.25) is 5.02 Å². The van der Waals surface area contributed by atoms with Gasteiger partial charge in [-0.2, -0.15) is 5.10 Å². The fourth-order valence-electron chi connectivity index (χ4n) is 2.24. The summed E-state index contributed by atoms with van der Waals surface area (Å²) in [6, 6.07) is 3.69. The number of pyridine rings is 1. The summed E-state index contributed by atoms with van der Waals surface area (Å²) in [5.74, 6) is 0. The fourth-order valence-corrected chi connectivity index (χ4v) is 2.50. The van der Waals surface area contributed by atoms with Gasteiger partial charge in [-0.25, -0.2) is 0 Å². The van der Waals surface area contributed by atoms with E-state index in [1.807, 2.05) is 30.7 Å². The quantitative estimate of drug-likeness (QED) is 0.935. The lowest BCUT2D eigenvalue weighted by atomic mass is 10.0. The van der Waals surface area contributed by atoms with Crippen LogP contribution in [0.3, 0.4) is 0 Å². The van der Waals surface area contributed by atoms with Crippen LogP contribution in [0.25, 0.3) is 0 Å². The largest absolute Gasteiger partial charge is 0.319 e. The van der Waals surface area contributed by atoms with Crippen molar-refractivity contribution in [1.82, 2.24) is 14.8 Å². The van der Waals surface area contributed by atoms with Crippen LogP contribution in [0.4, 0.5) is 0 Å². The molecule has 5 heteroatoms. The predicted octanol–water partition coefficient (Wildman–Crippen LogP) is 3.01. The molecule has 2 N–H and O–H groups in total. The number of aryl methyl sites for hydroxylation is 3. The molecule has 0 saturated carbocycles. The summed E-state index contributed by atoms with van der Waals surface area (Å²) in [4.78, 5) is 4.46. The van der Waals surface area contributed by atoms with Gasteiger partial charge in [0, 0.05) is 17.9 Å². The van der Waals surface area contributed by atoms with Gasteiger partial charge in [-0.1, -0.05) is 24.6 Å². The van der Waals surface area contributed by atoms with Crippen LogP contribution in [0, 0.1) is 13.8 Å². The van der Waals surface area contributed by atoms with Crippen LogP contribution < -0.4 is 5.73 Å². The zero-order chi connectivity index (χ0) is 14.0. The Morgan fingerprint density at radius 1 is 1.37 bits per heavy atom. The van der Waals surface area contributed by atoms with Gasteiger partial charge in [0.25, 0.3) is 0 Å². The summed E-state index contributed by atoms with van der Waals surface area (Å²) in [5, 5.41) is 4.90. The molecular formula is C14H19ClN4. The number of halogens is 1. The van der Waals surface area contributed by atoms with Crippen LogP contribution in [0.5, 0.6) is 0 Å². The number of rotatable bonds is 4. The summed E-state index contributed by atoms with van der Waals surface area (Å²) >= 11 is 6.23. The smallest absolute Gasteiger partial charge is 0.0837 e. The normalized spacial score (nSPS) is 12.7. The Kier molecular flexibility index (Phi) is 4.22. The standard InChI is InChI=1S/C14H19ClN4/c1-4-7-19-14(12(15)8-17-19)13(16)11-6-5-9(2)18-10(11)3/h5-6,8,13H,4,7,16H2,1-3H3. The molecule has 0 aromatic carbocycles. The van der Waals surface area contributed by atoms with E-state index in [4.69, 9.17) is 17.3 Å². The lowest BCUT2D eigenvalue weighted by Crippen LogP contribution is -2.19. The van der Waals surface area contributed by atoms with Crippen LogP contribution in [-0.2, 0) is 6.54 Å². The molecular weight excluding hydrogens is 260 g/mol. The van der Waals surface area contributed by atoms with Crippen LogP contribution >= 0.6 is 11.6 Å². The molecule has 2 aromatic heterocycles. The maximum Gasteiger partial charge on any atom is 0.0837 e. The molecule has 0 aliphatic heterocycles. The van der Waals surface area contributed by atoms with Gasteiger partial charge in [-0.05, 0) is 31.9 Å². The van der Waals surface area contributed by atoms with Gasteiger partial charge in [0.15, 0.2) is 0 Å². The summed E-state index contributed by atoms with van der Waals surface area (Å²) < 4.78 is 1.88. The first-order valence-corrected chi connectivity index (χ1v) is 6.83. The first kappa shape index (κ1) is 14.0. The summed E-state index contributed by atoms with van der Waals surface area (Å²) in [7, 11) is 0. The zero-order valence-corrected chi connectivity index (χ0v) is 12.3. The second-order valence-electron chi connectivity index (χ2n) is 4.71. The topological polar surface area (TPSA) is 56.7 Å². The Bertz CT molecular complexity index is 577. The van der Waals surface area contributed by atoms with Gasteiger partial charge in [0.2, 0.25) is 0 Å². The molecule has 2 heterocycles. The third-order valence-electron chi connectivity index (χ3n) is 3.16. The highest BCUT2D eigenvalue weighted by Gasteiger charge is 2.20. The molecule has 0 spiro atoms. The molecule has 1 atom stereocenters.